The van der Waals surface area contributed by atoms with Gasteiger partial charge in [-0.2, -0.15) is 0 Å². The molecule has 1 heterocycles. The predicted molar refractivity (Wildman–Crippen MR) is 102 cm³/mol. The Balaban J connectivity index is 2.31. The summed E-state index contributed by atoms with van der Waals surface area (Å²) in [5.74, 6) is 1.84. The van der Waals surface area contributed by atoms with E-state index in [1.54, 1.807) is 0 Å². The number of rotatable bonds is 9. The molecule has 6 heteroatoms. The Morgan fingerprint density at radius 3 is 2.68 bits per heavy atom. The third-order valence-corrected chi connectivity index (χ3v) is 7.50. The minimum absolute atomic E-state index is 0.0774. The van der Waals surface area contributed by atoms with E-state index in [9.17, 15) is 4.79 Å². The van der Waals surface area contributed by atoms with E-state index in [0.29, 0.717) is 24.2 Å². The number of carbonyl (C=O) groups is 1. The molecule has 22 heavy (non-hydrogen) atoms. The first-order valence-corrected chi connectivity index (χ1v) is 10.8. The van der Waals surface area contributed by atoms with Crippen LogP contribution in [0.15, 0.2) is 0 Å². The van der Waals surface area contributed by atoms with Crippen molar-refractivity contribution in [3.05, 3.63) is 0 Å². The fraction of sp³-hybridized carbons (Fsp3) is 0.938. The first-order chi connectivity index (χ1) is 10.2. The summed E-state index contributed by atoms with van der Waals surface area (Å²) in [6, 6.07) is 0. The van der Waals surface area contributed by atoms with Gasteiger partial charge in [-0.1, -0.05) is 35.4 Å². The fourth-order valence-corrected chi connectivity index (χ4v) is 5.56. The van der Waals surface area contributed by atoms with Crippen molar-refractivity contribution in [1.82, 2.24) is 5.32 Å². The maximum Gasteiger partial charge on any atom is 0.220 e. The minimum atomic E-state index is -0.210. The van der Waals surface area contributed by atoms with Crippen LogP contribution in [0.3, 0.4) is 0 Å². The average Bonchev–Trinajstić information content (AvgIpc) is 2.91. The minimum Gasteiger partial charge on any atom is -0.384 e. The third kappa shape index (κ3) is 7.65. The Bertz CT molecular complexity index is 358. The summed E-state index contributed by atoms with van der Waals surface area (Å²) in [7, 11) is 5.99. The summed E-state index contributed by atoms with van der Waals surface area (Å²) in [6.07, 6.45) is 3.69. The van der Waals surface area contributed by atoms with Gasteiger partial charge >= 0.3 is 0 Å². The Morgan fingerprint density at radius 2 is 2.14 bits per heavy atom. The number of ether oxygens (including phenoxy) is 1. The van der Waals surface area contributed by atoms with Crippen LogP contribution in [-0.2, 0) is 9.53 Å². The van der Waals surface area contributed by atoms with Crippen LogP contribution in [0.25, 0.3) is 0 Å². The quantitative estimate of drug-likeness (QED) is 0.514. The van der Waals surface area contributed by atoms with Crippen LogP contribution in [0.5, 0.6) is 0 Å². The molecule has 0 aromatic heterocycles. The zero-order valence-corrected chi connectivity index (χ0v) is 16.7. The van der Waals surface area contributed by atoms with Crippen molar-refractivity contribution in [2.75, 3.05) is 12.4 Å². The number of amides is 1. The Kier molecular flexibility index (Phi) is 8.17. The van der Waals surface area contributed by atoms with Gasteiger partial charge < -0.3 is 10.1 Å². The number of hydrogen-bond acceptors (Lipinski definition) is 4. The Hall–Kier alpha value is 0.195. The molecule has 1 aliphatic rings. The van der Waals surface area contributed by atoms with E-state index in [4.69, 9.17) is 4.74 Å². The molecule has 3 atom stereocenters. The monoisotopic (exact) mass is 345 g/mol. The summed E-state index contributed by atoms with van der Waals surface area (Å²) in [6.45, 7) is 11.3. The highest BCUT2D eigenvalue weighted by molar-refractivity contribution is 8.77. The van der Waals surface area contributed by atoms with E-state index in [2.05, 4.69) is 47.8 Å². The molecule has 0 saturated carbocycles. The maximum atomic E-state index is 12.3. The molecule has 0 radical (unpaired) electrons. The SMILES string of the molecule is BC(C)(CC)OCCC(C)(C)NC(=O)CC(C)C1CCSS1. The van der Waals surface area contributed by atoms with Gasteiger partial charge in [-0.15, -0.1) is 0 Å². The fourth-order valence-electron chi connectivity index (χ4n) is 2.33. The average molecular weight is 345 g/mol. The van der Waals surface area contributed by atoms with Crippen LogP contribution in [0.4, 0.5) is 0 Å². The van der Waals surface area contributed by atoms with Gasteiger partial charge in [0, 0.05) is 35.1 Å². The van der Waals surface area contributed by atoms with E-state index in [0.717, 1.165) is 12.8 Å². The number of hydrogen-bond donors (Lipinski definition) is 1. The summed E-state index contributed by atoms with van der Waals surface area (Å²) in [5.41, 5.74) is -0.288. The number of nitrogens with one attached hydrogen (secondary N) is 1. The van der Waals surface area contributed by atoms with Crippen LogP contribution >= 0.6 is 21.6 Å². The lowest BCUT2D eigenvalue weighted by Crippen LogP contribution is -2.45. The standard InChI is InChI=1S/C16H32BNO2S2/c1-6-16(5,17)20-9-8-15(3,4)18-14(19)11-12(2)13-7-10-21-22-13/h12-13H,6-11,17H2,1-5H3,(H,18,19). The smallest absolute Gasteiger partial charge is 0.220 e. The molecule has 0 spiro atoms. The zero-order chi connectivity index (χ0) is 16.8. The van der Waals surface area contributed by atoms with Gasteiger partial charge in [-0.05, 0) is 46.0 Å². The summed E-state index contributed by atoms with van der Waals surface area (Å²) in [5, 5.41) is 3.81. The lowest BCUT2D eigenvalue weighted by molar-refractivity contribution is -0.123. The highest BCUT2D eigenvalue weighted by Crippen LogP contribution is 2.42. The largest absolute Gasteiger partial charge is 0.384 e. The molecule has 1 N–H and O–H groups in total. The van der Waals surface area contributed by atoms with Crippen molar-refractivity contribution in [2.45, 2.75) is 76.6 Å². The first kappa shape index (κ1) is 20.2. The topological polar surface area (TPSA) is 38.3 Å². The van der Waals surface area contributed by atoms with Crippen molar-refractivity contribution < 1.29 is 9.53 Å². The molecule has 0 aromatic rings. The van der Waals surface area contributed by atoms with Crippen LogP contribution in [0.1, 0.15) is 60.3 Å². The van der Waals surface area contributed by atoms with E-state index < -0.39 is 0 Å². The first-order valence-electron chi connectivity index (χ1n) is 8.38. The van der Waals surface area contributed by atoms with Gasteiger partial charge in [0.2, 0.25) is 5.91 Å². The third-order valence-electron chi connectivity index (χ3n) is 4.37. The number of carbonyl (C=O) groups excluding carboxylic acids is 1. The Morgan fingerprint density at radius 1 is 1.45 bits per heavy atom. The lowest BCUT2D eigenvalue weighted by atomic mass is 9.81. The molecule has 3 nitrogen and oxygen atoms in total. The van der Waals surface area contributed by atoms with Crippen molar-refractivity contribution in [2.24, 2.45) is 5.92 Å². The molecule has 0 aliphatic carbocycles. The van der Waals surface area contributed by atoms with Crippen LogP contribution in [-0.4, -0.2) is 42.4 Å². The van der Waals surface area contributed by atoms with Crippen molar-refractivity contribution in [3.63, 3.8) is 0 Å². The van der Waals surface area contributed by atoms with E-state index in [-0.39, 0.29) is 16.9 Å². The van der Waals surface area contributed by atoms with Crippen molar-refractivity contribution in [1.29, 1.82) is 0 Å². The summed E-state index contributed by atoms with van der Waals surface area (Å²) in [4.78, 5) is 12.3. The molecule has 0 aromatic carbocycles. The highest BCUT2D eigenvalue weighted by Gasteiger charge is 2.27. The second-order valence-electron chi connectivity index (χ2n) is 7.57. The molecule has 0 bridgehead atoms. The molecule has 1 rings (SSSR count). The second-order valence-corrected chi connectivity index (χ2v) is 10.3. The van der Waals surface area contributed by atoms with Crippen LogP contribution < -0.4 is 5.32 Å². The van der Waals surface area contributed by atoms with Crippen molar-refractivity contribution >= 4 is 35.3 Å². The van der Waals surface area contributed by atoms with Gasteiger partial charge in [0.15, 0.2) is 0 Å². The molecule has 1 amide bonds. The molecular formula is C16H32BNO2S2. The summed E-state index contributed by atoms with van der Waals surface area (Å²) >= 11 is 0. The molecule has 1 saturated heterocycles. The second kappa shape index (κ2) is 8.88. The van der Waals surface area contributed by atoms with Gasteiger partial charge in [0.1, 0.15) is 7.85 Å². The predicted octanol–water partition coefficient (Wildman–Crippen LogP) is 3.23. The molecule has 1 fully saturated rings. The molecule has 1 aliphatic heterocycles. The normalized spacial score (nSPS) is 23.0. The maximum absolute atomic E-state index is 12.3. The van der Waals surface area contributed by atoms with E-state index in [1.165, 1.54) is 12.2 Å². The highest BCUT2D eigenvalue weighted by atomic mass is 33.1. The Labute approximate surface area is 145 Å². The van der Waals surface area contributed by atoms with Gasteiger partial charge in [0.25, 0.3) is 0 Å². The van der Waals surface area contributed by atoms with Crippen LogP contribution in [0.2, 0.25) is 0 Å². The molecule has 128 valence electrons. The van der Waals surface area contributed by atoms with E-state index >= 15 is 0 Å². The van der Waals surface area contributed by atoms with E-state index in [1.807, 2.05) is 21.6 Å². The van der Waals surface area contributed by atoms with Crippen LogP contribution in [0, 0.1) is 5.92 Å². The van der Waals surface area contributed by atoms with Gasteiger partial charge in [0.05, 0.1) is 0 Å². The zero-order valence-electron chi connectivity index (χ0n) is 15.0. The molecular weight excluding hydrogens is 313 g/mol. The lowest BCUT2D eigenvalue weighted by Gasteiger charge is -2.30. The van der Waals surface area contributed by atoms with Gasteiger partial charge in [-0.3, -0.25) is 4.79 Å². The summed E-state index contributed by atoms with van der Waals surface area (Å²) < 4.78 is 5.90. The molecule has 3 unspecified atom stereocenters. The van der Waals surface area contributed by atoms with Crippen molar-refractivity contribution in [3.8, 4) is 0 Å². The van der Waals surface area contributed by atoms with Gasteiger partial charge in [-0.25, -0.2) is 0 Å².